The Morgan fingerprint density at radius 1 is 1.38 bits per heavy atom. The zero-order valence-corrected chi connectivity index (χ0v) is 15.8. The molecular weight excluding hydrogens is 403 g/mol. The van der Waals surface area contributed by atoms with Gasteiger partial charge in [-0.1, -0.05) is 20.8 Å². The van der Waals surface area contributed by atoms with Crippen molar-refractivity contribution in [1.82, 2.24) is 5.32 Å². The van der Waals surface area contributed by atoms with Crippen LogP contribution >= 0.6 is 34.2 Å². The van der Waals surface area contributed by atoms with E-state index in [1.54, 1.807) is 7.11 Å². The van der Waals surface area contributed by atoms with E-state index in [0.717, 1.165) is 27.0 Å². The molecule has 4 nitrogen and oxygen atoms in total. The average molecular weight is 425 g/mol. The number of methoxy groups -OCH3 is 1. The van der Waals surface area contributed by atoms with Crippen LogP contribution in [-0.4, -0.2) is 25.6 Å². The zero-order chi connectivity index (χ0) is 16.0. The Morgan fingerprint density at radius 3 is 2.57 bits per heavy atom. The topological polar surface area (TPSA) is 50.4 Å². The van der Waals surface area contributed by atoms with Crippen LogP contribution < -0.4 is 15.4 Å². The summed E-state index contributed by atoms with van der Waals surface area (Å²) >= 11 is 7.80. The molecule has 1 rings (SSSR count). The van der Waals surface area contributed by atoms with Crippen LogP contribution in [0.4, 0.5) is 10.5 Å². The number of carbonyl (C=O) groups excluding carboxylic acids is 1. The molecule has 0 saturated heterocycles. The summed E-state index contributed by atoms with van der Waals surface area (Å²) < 4.78 is 6.46. The summed E-state index contributed by atoms with van der Waals surface area (Å²) in [6, 6.07) is 3.64. The number of nitrogens with one attached hydrogen (secondary N) is 2. The highest BCUT2D eigenvalue weighted by Crippen LogP contribution is 2.37. The number of anilines is 1. The SMILES string of the molecule is COc1c(I)cc(NC(=O)NCCCCl)cc1C(C)(C)C. The van der Waals surface area contributed by atoms with Gasteiger partial charge in [0, 0.05) is 23.7 Å². The average Bonchev–Trinajstić information content (AvgIpc) is 2.37. The molecule has 1 aromatic carbocycles. The second-order valence-corrected chi connectivity index (χ2v) is 7.25. The highest BCUT2D eigenvalue weighted by Gasteiger charge is 2.22. The van der Waals surface area contributed by atoms with Gasteiger partial charge >= 0.3 is 6.03 Å². The number of carbonyl (C=O) groups is 1. The summed E-state index contributed by atoms with van der Waals surface area (Å²) in [4.78, 5) is 11.8. The van der Waals surface area contributed by atoms with Crippen LogP contribution in [-0.2, 0) is 5.41 Å². The molecule has 6 heteroatoms. The van der Waals surface area contributed by atoms with E-state index in [0.29, 0.717) is 12.4 Å². The van der Waals surface area contributed by atoms with E-state index in [9.17, 15) is 4.79 Å². The molecule has 2 N–H and O–H groups in total. The molecule has 0 aromatic heterocycles. The number of amides is 2. The van der Waals surface area contributed by atoms with Crippen LogP contribution in [0.15, 0.2) is 12.1 Å². The lowest BCUT2D eigenvalue weighted by molar-refractivity contribution is 0.252. The fourth-order valence-corrected chi connectivity index (χ4v) is 2.85. The number of urea groups is 1. The van der Waals surface area contributed by atoms with Gasteiger partial charge in [-0.2, -0.15) is 0 Å². The zero-order valence-electron chi connectivity index (χ0n) is 12.8. The van der Waals surface area contributed by atoms with Crippen molar-refractivity contribution in [3.63, 3.8) is 0 Å². The molecule has 1 aromatic rings. The molecule has 0 radical (unpaired) electrons. The maximum Gasteiger partial charge on any atom is 0.319 e. The summed E-state index contributed by atoms with van der Waals surface area (Å²) in [6.45, 7) is 6.91. The summed E-state index contributed by atoms with van der Waals surface area (Å²) in [6.07, 6.45) is 0.752. The Balaban J connectivity index is 2.94. The second kappa shape index (κ2) is 8.08. The highest BCUT2D eigenvalue weighted by molar-refractivity contribution is 14.1. The minimum atomic E-state index is -0.221. The van der Waals surface area contributed by atoms with E-state index < -0.39 is 0 Å². The van der Waals surface area contributed by atoms with Gasteiger partial charge < -0.3 is 15.4 Å². The number of rotatable bonds is 5. The Labute approximate surface area is 145 Å². The van der Waals surface area contributed by atoms with Crippen LogP contribution in [0.2, 0.25) is 0 Å². The van der Waals surface area contributed by atoms with Crippen molar-refractivity contribution in [1.29, 1.82) is 0 Å². The fourth-order valence-electron chi connectivity index (χ4n) is 1.87. The fraction of sp³-hybridized carbons (Fsp3) is 0.533. The molecule has 0 heterocycles. The van der Waals surface area contributed by atoms with E-state index in [1.165, 1.54) is 0 Å². The highest BCUT2D eigenvalue weighted by atomic mass is 127. The lowest BCUT2D eigenvalue weighted by Crippen LogP contribution is -2.30. The second-order valence-electron chi connectivity index (χ2n) is 5.71. The predicted octanol–water partition coefficient (Wildman–Crippen LogP) is 4.35. The Bertz CT molecular complexity index is 501. The third-order valence-corrected chi connectivity index (χ3v) is 3.98. The van der Waals surface area contributed by atoms with Gasteiger partial charge in [0.25, 0.3) is 0 Å². The first-order chi connectivity index (χ1) is 9.79. The molecule has 0 aliphatic carbocycles. The predicted molar refractivity (Wildman–Crippen MR) is 96.8 cm³/mol. The molecular formula is C15H22ClIN2O2. The first kappa shape index (κ1) is 18.4. The summed E-state index contributed by atoms with van der Waals surface area (Å²) in [5.41, 5.74) is 1.75. The standard InChI is InChI=1S/C15H22ClIN2O2/c1-15(2,3)11-8-10(9-12(17)13(11)21-4)19-14(20)18-7-5-6-16/h8-9H,5-7H2,1-4H3,(H2,18,19,20). The number of ether oxygens (including phenoxy) is 1. The molecule has 0 unspecified atom stereocenters. The largest absolute Gasteiger partial charge is 0.495 e. The third-order valence-electron chi connectivity index (χ3n) is 2.91. The van der Waals surface area contributed by atoms with E-state index in [2.05, 4.69) is 54.0 Å². The van der Waals surface area contributed by atoms with Crippen molar-refractivity contribution in [2.75, 3.05) is 24.9 Å². The van der Waals surface area contributed by atoms with Gasteiger partial charge in [-0.25, -0.2) is 4.79 Å². The van der Waals surface area contributed by atoms with Crippen LogP contribution in [0, 0.1) is 3.57 Å². The molecule has 0 atom stereocenters. The number of halogens is 2. The third kappa shape index (κ3) is 5.54. The molecule has 0 aliphatic rings. The van der Waals surface area contributed by atoms with E-state index >= 15 is 0 Å². The number of alkyl halides is 1. The number of hydrogen-bond donors (Lipinski definition) is 2. The number of benzene rings is 1. The van der Waals surface area contributed by atoms with Crippen LogP contribution in [0.25, 0.3) is 0 Å². The van der Waals surface area contributed by atoms with Crippen molar-refractivity contribution in [3.8, 4) is 5.75 Å². The maximum atomic E-state index is 11.8. The summed E-state index contributed by atoms with van der Waals surface area (Å²) in [7, 11) is 1.67. The van der Waals surface area contributed by atoms with Crippen LogP contribution in [0.5, 0.6) is 5.75 Å². The molecule has 2 amide bonds. The van der Waals surface area contributed by atoms with E-state index in [1.807, 2.05) is 12.1 Å². The normalized spacial score (nSPS) is 11.1. The monoisotopic (exact) mass is 424 g/mol. The van der Waals surface area contributed by atoms with Gasteiger partial charge in [-0.3, -0.25) is 0 Å². The van der Waals surface area contributed by atoms with Crippen molar-refractivity contribution in [2.45, 2.75) is 32.6 Å². The minimum absolute atomic E-state index is 0.0714. The van der Waals surface area contributed by atoms with Crippen LogP contribution in [0.1, 0.15) is 32.8 Å². The lowest BCUT2D eigenvalue weighted by Gasteiger charge is -2.24. The van der Waals surface area contributed by atoms with Gasteiger partial charge in [0.2, 0.25) is 0 Å². The van der Waals surface area contributed by atoms with Crippen molar-refractivity contribution in [2.24, 2.45) is 0 Å². The van der Waals surface area contributed by atoms with Gasteiger partial charge in [0.05, 0.1) is 10.7 Å². The van der Waals surface area contributed by atoms with E-state index in [4.69, 9.17) is 16.3 Å². The van der Waals surface area contributed by atoms with Gasteiger partial charge in [-0.15, -0.1) is 11.6 Å². The molecule has 118 valence electrons. The smallest absolute Gasteiger partial charge is 0.319 e. The van der Waals surface area contributed by atoms with Gasteiger partial charge in [0.15, 0.2) is 0 Å². The van der Waals surface area contributed by atoms with Gasteiger partial charge in [-0.05, 0) is 46.6 Å². The summed E-state index contributed by atoms with van der Waals surface area (Å²) in [5, 5.41) is 5.62. The maximum absolute atomic E-state index is 11.8. The molecule has 0 bridgehead atoms. The molecule has 0 spiro atoms. The minimum Gasteiger partial charge on any atom is -0.495 e. The van der Waals surface area contributed by atoms with Crippen molar-refractivity contribution >= 4 is 45.9 Å². The Hall–Kier alpha value is -0.690. The lowest BCUT2D eigenvalue weighted by atomic mass is 9.86. The molecule has 21 heavy (non-hydrogen) atoms. The first-order valence-electron chi connectivity index (χ1n) is 6.78. The Kier molecular flexibility index (Phi) is 7.06. The van der Waals surface area contributed by atoms with Gasteiger partial charge in [0.1, 0.15) is 5.75 Å². The van der Waals surface area contributed by atoms with Crippen LogP contribution in [0.3, 0.4) is 0 Å². The number of hydrogen-bond acceptors (Lipinski definition) is 2. The first-order valence-corrected chi connectivity index (χ1v) is 8.39. The van der Waals surface area contributed by atoms with E-state index in [-0.39, 0.29) is 11.4 Å². The molecule has 0 saturated carbocycles. The van der Waals surface area contributed by atoms with Crippen molar-refractivity contribution < 1.29 is 9.53 Å². The van der Waals surface area contributed by atoms with Crippen molar-refractivity contribution in [3.05, 3.63) is 21.3 Å². The quantitative estimate of drug-likeness (QED) is 0.419. The summed E-state index contributed by atoms with van der Waals surface area (Å²) in [5.74, 6) is 1.39. The Morgan fingerprint density at radius 2 is 2.05 bits per heavy atom. The molecule has 0 fully saturated rings. The molecule has 0 aliphatic heterocycles.